The van der Waals surface area contributed by atoms with Crippen molar-refractivity contribution in [1.82, 2.24) is 21.7 Å². The Morgan fingerprint density at radius 1 is 0.435 bits per heavy atom. The van der Waals surface area contributed by atoms with Gasteiger partial charge in [-0.25, -0.2) is 21.7 Å². The first-order valence-electron chi connectivity index (χ1n) is 14.1. The van der Waals surface area contributed by atoms with Crippen molar-refractivity contribution in [1.29, 1.82) is 0 Å². The second-order valence-corrected chi connectivity index (χ2v) is 11.2. The van der Waals surface area contributed by atoms with E-state index < -0.39 is 59.6 Å². The van der Waals surface area contributed by atoms with Crippen molar-refractivity contribution in [3.63, 3.8) is 0 Å². The Bertz CT molecular complexity index is 1370. The molecule has 6 heterocycles. The van der Waals surface area contributed by atoms with E-state index in [2.05, 4.69) is 42.1 Å². The van der Waals surface area contributed by atoms with E-state index in [0.29, 0.717) is 22.3 Å². The molecule has 8 rings (SSSR count). The van der Waals surface area contributed by atoms with Crippen LogP contribution in [0, 0.1) is 0 Å². The van der Waals surface area contributed by atoms with Crippen LogP contribution in [0.1, 0.15) is 49.9 Å². The zero-order valence-electron chi connectivity index (χ0n) is 25.3. The summed E-state index contributed by atoms with van der Waals surface area (Å²) in [6, 6.07) is 13.6. The van der Waals surface area contributed by atoms with Crippen molar-refractivity contribution in [2.45, 2.75) is 63.7 Å². The van der Waals surface area contributed by atoms with Crippen molar-refractivity contribution in [3.8, 4) is 0 Å². The van der Waals surface area contributed by atoms with Gasteiger partial charge >= 0.3 is 0 Å². The molecule has 0 unspecified atom stereocenters. The summed E-state index contributed by atoms with van der Waals surface area (Å²) in [4.78, 5) is 51.5. The van der Waals surface area contributed by atoms with Crippen LogP contribution in [-0.2, 0) is 38.1 Å². The molecule has 6 aliphatic heterocycles. The van der Waals surface area contributed by atoms with Crippen LogP contribution in [-0.4, -0.2) is 84.5 Å². The molecule has 4 bridgehead atoms. The molecule has 16 nitrogen and oxygen atoms in total. The van der Waals surface area contributed by atoms with Crippen LogP contribution < -0.4 is 21.7 Å². The average Bonchev–Trinajstić information content (AvgIpc) is 3.53. The Labute approximate surface area is 263 Å². The number of hydrazone groups is 4. The maximum absolute atomic E-state index is 12.9. The minimum atomic E-state index is -1.29. The third kappa shape index (κ3) is 8.10. The molecule has 16 heteroatoms. The molecule has 2 fully saturated rings. The highest BCUT2D eigenvalue weighted by atomic mass is 16.8. The third-order valence-electron chi connectivity index (χ3n) is 6.65. The molecule has 4 amide bonds. The van der Waals surface area contributed by atoms with Crippen molar-refractivity contribution in [3.05, 3.63) is 70.8 Å². The van der Waals surface area contributed by atoms with E-state index in [1.165, 1.54) is 24.9 Å². The summed E-state index contributed by atoms with van der Waals surface area (Å²) in [5.74, 6) is -5.16. The Morgan fingerprint density at radius 2 is 0.630 bits per heavy atom. The number of carbonyl (C=O) groups excluding carboxylic acids is 4. The van der Waals surface area contributed by atoms with Crippen molar-refractivity contribution < 1.29 is 38.1 Å². The number of hydrogen-bond acceptors (Lipinski definition) is 12. The molecule has 6 aliphatic rings. The van der Waals surface area contributed by atoms with Crippen LogP contribution >= 0.6 is 0 Å². The second-order valence-electron chi connectivity index (χ2n) is 11.2. The third-order valence-corrected chi connectivity index (χ3v) is 6.65. The molecule has 0 radical (unpaired) electrons. The first-order chi connectivity index (χ1) is 21.9. The normalized spacial score (nSPS) is 27.7. The van der Waals surface area contributed by atoms with Crippen LogP contribution in [0.2, 0.25) is 0 Å². The summed E-state index contributed by atoms with van der Waals surface area (Å²) in [5.41, 5.74) is 12.0. The van der Waals surface area contributed by atoms with Gasteiger partial charge in [0.25, 0.3) is 23.6 Å². The summed E-state index contributed by atoms with van der Waals surface area (Å²) >= 11 is 0. The lowest BCUT2D eigenvalue weighted by Crippen LogP contribution is -2.45. The number of ether oxygens (including phenoxy) is 4. The quantitative estimate of drug-likeness (QED) is 0.316. The smallest absolute Gasteiger partial charge is 0.272 e. The molecule has 0 spiro atoms. The molecule has 4 atom stereocenters. The molecular formula is C30H32N8O8. The van der Waals surface area contributed by atoms with E-state index in [9.17, 15) is 19.2 Å². The second kappa shape index (κ2) is 13.5. The Hall–Kier alpha value is -5.16. The Balaban J connectivity index is 1.36. The maximum atomic E-state index is 12.9. The summed E-state index contributed by atoms with van der Waals surface area (Å²) in [5, 5.41) is 15.8. The number of carbonyl (C=O) groups is 4. The summed E-state index contributed by atoms with van der Waals surface area (Å²) < 4.78 is 22.6. The molecule has 2 aromatic carbocycles. The maximum Gasteiger partial charge on any atom is 0.272 e. The lowest BCUT2D eigenvalue weighted by atomic mass is 10.1. The van der Waals surface area contributed by atoms with Crippen LogP contribution in [0.3, 0.4) is 0 Å². The van der Waals surface area contributed by atoms with E-state index in [1.807, 2.05) is 0 Å². The fraction of sp³-hybridized carbons (Fsp3) is 0.333. The van der Waals surface area contributed by atoms with Gasteiger partial charge in [0, 0.05) is 0 Å². The van der Waals surface area contributed by atoms with Gasteiger partial charge in [0.1, 0.15) is 0 Å². The van der Waals surface area contributed by atoms with E-state index in [0.717, 1.165) is 0 Å². The Morgan fingerprint density at radius 3 is 0.826 bits per heavy atom. The topological polar surface area (TPSA) is 203 Å². The minimum absolute atomic E-state index is 0.630. The first kappa shape index (κ1) is 32.2. The molecule has 46 heavy (non-hydrogen) atoms. The van der Waals surface area contributed by atoms with Crippen molar-refractivity contribution >= 4 is 48.5 Å². The van der Waals surface area contributed by atoms with Gasteiger partial charge < -0.3 is 18.9 Å². The zero-order valence-corrected chi connectivity index (χ0v) is 25.3. The molecule has 0 aromatic heterocycles. The molecule has 240 valence electrons. The molecule has 2 saturated heterocycles. The van der Waals surface area contributed by atoms with Gasteiger partial charge in [-0.15, -0.1) is 0 Å². The molecule has 4 N–H and O–H groups in total. The first-order valence-corrected chi connectivity index (χ1v) is 14.1. The number of amides is 4. The Kier molecular flexibility index (Phi) is 9.43. The highest BCUT2D eigenvalue weighted by molar-refractivity contribution is 5.94. The summed E-state index contributed by atoms with van der Waals surface area (Å²) in [7, 11) is 0. The SMILES string of the molecule is CC1(C)O[C@H]2C(=O)NN=Cc3ccc(cc3)/C=N\NC(=O)[C@@H]3OC(C)(C)O[C@H]3C(=O)NN=Cc3ccc(cc3)/C=N\NC(=O)[C@@H]2O1. The largest absolute Gasteiger partial charge is 0.334 e. The van der Waals surface area contributed by atoms with E-state index in [4.69, 9.17) is 18.9 Å². The van der Waals surface area contributed by atoms with Crippen LogP contribution in [0.5, 0.6) is 0 Å². The molecule has 0 aliphatic carbocycles. The number of rotatable bonds is 0. The van der Waals surface area contributed by atoms with Crippen molar-refractivity contribution in [2.75, 3.05) is 0 Å². The van der Waals surface area contributed by atoms with Gasteiger partial charge in [0.05, 0.1) is 24.9 Å². The minimum Gasteiger partial charge on any atom is -0.334 e. The van der Waals surface area contributed by atoms with Gasteiger partial charge in [-0.05, 0) is 49.9 Å². The lowest BCUT2D eigenvalue weighted by molar-refractivity contribution is -0.159. The van der Waals surface area contributed by atoms with E-state index in [-0.39, 0.29) is 0 Å². The highest BCUT2D eigenvalue weighted by Crippen LogP contribution is 2.29. The van der Waals surface area contributed by atoms with Crippen LogP contribution in [0.15, 0.2) is 68.9 Å². The molecule has 0 saturated carbocycles. The van der Waals surface area contributed by atoms with Gasteiger partial charge in [-0.1, -0.05) is 48.5 Å². The molecular weight excluding hydrogens is 600 g/mol. The average molecular weight is 633 g/mol. The zero-order chi connectivity index (χ0) is 32.9. The number of benzene rings is 2. The molecule has 2 aromatic rings. The monoisotopic (exact) mass is 632 g/mol. The number of nitrogens with zero attached hydrogens (tertiary/aromatic N) is 4. The van der Waals surface area contributed by atoms with Gasteiger partial charge in [-0.2, -0.15) is 20.4 Å². The number of nitrogens with one attached hydrogen (secondary N) is 4. The van der Waals surface area contributed by atoms with Crippen molar-refractivity contribution in [2.24, 2.45) is 20.4 Å². The van der Waals surface area contributed by atoms with Gasteiger partial charge in [-0.3, -0.25) is 19.2 Å². The van der Waals surface area contributed by atoms with Gasteiger partial charge in [0.2, 0.25) is 0 Å². The fourth-order valence-corrected chi connectivity index (χ4v) is 4.56. The van der Waals surface area contributed by atoms with E-state index in [1.54, 1.807) is 76.2 Å². The predicted octanol–water partition coefficient (Wildman–Crippen LogP) is 0.241. The predicted molar refractivity (Wildman–Crippen MR) is 163 cm³/mol. The fourth-order valence-electron chi connectivity index (χ4n) is 4.56. The highest BCUT2D eigenvalue weighted by Gasteiger charge is 2.50. The lowest BCUT2D eigenvalue weighted by Gasteiger charge is -2.16. The standard InChI is InChI=1S/C30H32N8O8/c1-29(2)43-21-22(44-29)26(40)36-32-14-18-7-11-20(12-8-18)16-34-38-28(42)24-23(45-30(3,4)46-24)27(41)37-33-15-19-9-5-17(6-10-19)13-31-35-25(21)39/h5-16,21-24H,1-4H3,(H,35,39)(H,36,40)(H,37,41)(H,38,42)/b31-13-,32-14?,33-15?,34-16-/t21-,22-,23-,24-/m1/s1. The van der Waals surface area contributed by atoms with Crippen LogP contribution in [0.4, 0.5) is 0 Å². The van der Waals surface area contributed by atoms with Crippen LogP contribution in [0.25, 0.3) is 0 Å². The number of hydrogen-bond donors (Lipinski definition) is 4. The summed E-state index contributed by atoms with van der Waals surface area (Å²) in [6.07, 6.45) is 0.443. The van der Waals surface area contributed by atoms with E-state index >= 15 is 0 Å². The van der Waals surface area contributed by atoms with Gasteiger partial charge in [0.15, 0.2) is 36.0 Å². The summed E-state index contributed by atoms with van der Waals surface area (Å²) in [6.45, 7) is 6.33.